The number of nitrogens with zero attached hydrogens (tertiary/aromatic N) is 3. The highest BCUT2D eigenvalue weighted by Gasteiger charge is 2.23. The van der Waals surface area contributed by atoms with Gasteiger partial charge in [0.25, 0.3) is 11.5 Å². The summed E-state index contributed by atoms with van der Waals surface area (Å²) in [6, 6.07) is 12.8. The van der Waals surface area contributed by atoms with E-state index in [1.165, 1.54) is 22.0 Å². The summed E-state index contributed by atoms with van der Waals surface area (Å²) < 4.78 is 12.7. The molecule has 1 atom stereocenters. The highest BCUT2D eigenvalue weighted by molar-refractivity contribution is 7.18. The summed E-state index contributed by atoms with van der Waals surface area (Å²) in [6.07, 6.45) is 5.85. The smallest absolute Gasteiger partial charge is 0.262 e. The third-order valence-electron chi connectivity index (χ3n) is 6.49. The first-order valence-corrected chi connectivity index (χ1v) is 13.5. The molecule has 1 N–H and O–H groups in total. The molecular formula is C28H27ClN4O4S. The molecule has 0 bridgehead atoms. The number of nitrogens with one attached hydrogen (secondary N) is 1. The fraction of sp³-hybridized carbons (Fsp3) is 0.286. The third-order valence-corrected chi connectivity index (χ3v) is 7.91. The van der Waals surface area contributed by atoms with Gasteiger partial charge in [-0.2, -0.15) is 5.10 Å². The molecule has 2 aromatic heterocycles. The Bertz CT molecular complexity index is 1560. The minimum atomic E-state index is -0.419. The lowest BCUT2D eigenvalue weighted by atomic mass is 9.89. The van der Waals surface area contributed by atoms with Crippen LogP contribution < -0.4 is 20.5 Å². The van der Waals surface area contributed by atoms with Crippen molar-refractivity contribution in [1.29, 1.82) is 0 Å². The van der Waals surface area contributed by atoms with Crippen LogP contribution in [0.1, 0.15) is 34.9 Å². The number of ether oxygens (including phenoxy) is 2. The van der Waals surface area contributed by atoms with Gasteiger partial charge in [0.05, 0.1) is 25.0 Å². The topological polar surface area (TPSA) is 94.8 Å². The first kappa shape index (κ1) is 25.9. The first-order chi connectivity index (χ1) is 18.4. The standard InChI is InChI=1S/C28H27ClN4O4S/c1-17-3-9-21-24(11-17)38-27-26(21)28(35)33(16-30-27)14-25(34)32-31-13-19-6-10-22(23(12-19)36-2)37-15-18-4-7-20(29)8-5-18/h4-8,10,12-13,16-17H,3,9,11,14-15H2,1-2H3,(H,32,34)/b31-13-. The van der Waals surface area contributed by atoms with Crippen molar-refractivity contribution in [3.05, 3.63) is 85.7 Å². The van der Waals surface area contributed by atoms with Gasteiger partial charge in [0.1, 0.15) is 18.0 Å². The Morgan fingerprint density at radius 1 is 1.26 bits per heavy atom. The second kappa shape index (κ2) is 11.4. The van der Waals surface area contributed by atoms with Crippen LogP contribution in [-0.2, 0) is 30.8 Å². The Morgan fingerprint density at radius 3 is 2.87 bits per heavy atom. The Labute approximate surface area is 228 Å². The second-order valence-corrected chi connectivity index (χ2v) is 10.8. The lowest BCUT2D eigenvalue weighted by Gasteiger charge is -2.17. The lowest BCUT2D eigenvalue weighted by Crippen LogP contribution is -2.30. The molecule has 0 aliphatic heterocycles. The largest absolute Gasteiger partial charge is 0.493 e. The molecular weight excluding hydrogens is 524 g/mol. The molecule has 2 aromatic carbocycles. The number of aromatic nitrogens is 2. The molecule has 1 unspecified atom stereocenters. The number of hydrogen-bond donors (Lipinski definition) is 1. The SMILES string of the molecule is COc1cc(/C=N\NC(=O)Cn2cnc3sc4c(c3c2=O)CCC(C)C4)ccc1OCc1ccc(Cl)cc1. The fourth-order valence-corrected chi connectivity index (χ4v) is 5.94. The van der Waals surface area contributed by atoms with Crippen molar-refractivity contribution >= 4 is 45.3 Å². The Kier molecular flexibility index (Phi) is 7.76. The molecule has 8 nitrogen and oxygen atoms in total. The summed E-state index contributed by atoms with van der Waals surface area (Å²) in [6.45, 7) is 2.43. The quantitative estimate of drug-likeness (QED) is 0.247. The van der Waals surface area contributed by atoms with Crippen molar-refractivity contribution in [2.75, 3.05) is 7.11 Å². The number of methoxy groups -OCH3 is 1. The van der Waals surface area contributed by atoms with Crippen LogP contribution in [0.15, 0.2) is 58.7 Å². The molecule has 0 spiro atoms. The Morgan fingerprint density at radius 2 is 2.08 bits per heavy atom. The number of carbonyl (C=O) groups is 1. The van der Waals surface area contributed by atoms with E-state index in [4.69, 9.17) is 21.1 Å². The van der Waals surface area contributed by atoms with E-state index in [2.05, 4.69) is 22.4 Å². The highest BCUT2D eigenvalue weighted by atomic mass is 35.5. The summed E-state index contributed by atoms with van der Waals surface area (Å²) >= 11 is 7.52. The molecule has 1 aliphatic rings. The number of amides is 1. The van der Waals surface area contributed by atoms with E-state index in [1.54, 1.807) is 36.6 Å². The van der Waals surface area contributed by atoms with E-state index in [9.17, 15) is 9.59 Å². The summed E-state index contributed by atoms with van der Waals surface area (Å²) in [7, 11) is 1.56. The molecule has 0 saturated heterocycles. The minimum Gasteiger partial charge on any atom is -0.493 e. The van der Waals surface area contributed by atoms with E-state index >= 15 is 0 Å². The van der Waals surface area contributed by atoms with Gasteiger partial charge in [-0.15, -0.1) is 11.3 Å². The zero-order chi connectivity index (χ0) is 26.6. The van der Waals surface area contributed by atoms with Crippen molar-refractivity contribution in [1.82, 2.24) is 15.0 Å². The summed E-state index contributed by atoms with van der Waals surface area (Å²) in [5.41, 5.74) is 5.09. The van der Waals surface area contributed by atoms with E-state index in [0.29, 0.717) is 40.0 Å². The van der Waals surface area contributed by atoms with Crippen LogP contribution in [0.25, 0.3) is 10.2 Å². The Balaban J connectivity index is 1.21. The third kappa shape index (κ3) is 5.74. The fourth-order valence-electron chi connectivity index (χ4n) is 4.47. The maximum absolute atomic E-state index is 13.1. The molecule has 1 amide bonds. The summed E-state index contributed by atoms with van der Waals surface area (Å²) in [4.78, 5) is 32.1. The molecule has 10 heteroatoms. The second-order valence-electron chi connectivity index (χ2n) is 9.33. The van der Waals surface area contributed by atoms with Gasteiger partial charge in [0.15, 0.2) is 11.5 Å². The van der Waals surface area contributed by atoms with Crippen molar-refractivity contribution in [3.63, 3.8) is 0 Å². The van der Waals surface area contributed by atoms with Crippen LogP contribution in [0.5, 0.6) is 11.5 Å². The van der Waals surface area contributed by atoms with Crippen LogP contribution in [0.4, 0.5) is 0 Å². The van der Waals surface area contributed by atoms with Crippen LogP contribution >= 0.6 is 22.9 Å². The average molecular weight is 551 g/mol. The van der Waals surface area contributed by atoms with Gasteiger partial charge in [-0.1, -0.05) is 30.7 Å². The lowest BCUT2D eigenvalue weighted by molar-refractivity contribution is -0.121. The normalized spacial score (nSPS) is 15.0. The van der Waals surface area contributed by atoms with Crippen LogP contribution in [0, 0.1) is 5.92 Å². The van der Waals surface area contributed by atoms with Crippen LogP contribution in [-0.4, -0.2) is 28.8 Å². The van der Waals surface area contributed by atoms with Crippen LogP contribution in [0.2, 0.25) is 5.02 Å². The Hall–Kier alpha value is -3.69. The number of thiophene rings is 1. The van der Waals surface area contributed by atoms with Gasteiger partial charge < -0.3 is 9.47 Å². The van der Waals surface area contributed by atoms with Gasteiger partial charge in [-0.3, -0.25) is 14.2 Å². The zero-order valence-electron chi connectivity index (χ0n) is 21.1. The number of halogens is 1. The molecule has 38 heavy (non-hydrogen) atoms. The maximum atomic E-state index is 13.1. The predicted molar refractivity (Wildman–Crippen MR) is 150 cm³/mol. The van der Waals surface area contributed by atoms with Gasteiger partial charge in [0.2, 0.25) is 0 Å². The van der Waals surface area contributed by atoms with Crippen molar-refractivity contribution in [2.24, 2.45) is 11.0 Å². The zero-order valence-corrected chi connectivity index (χ0v) is 22.6. The molecule has 2 heterocycles. The van der Waals surface area contributed by atoms with Crippen molar-refractivity contribution < 1.29 is 14.3 Å². The molecule has 5 rings (SSSR count). The van der Waals surface area contributed by atoms with Crippen LogP contribution in [0.3, 0.4) is 0 Å². The average Bonchev–Trinajstić information content (AvgIpc) is 3.28. The van der Waals surface area contributed by atoms with E-state index in [1.807, 2.05) is 24.3 Å². The van der Waals surface area contributed by atoms with E-state index in [0.717, 1.165) is 35.2 Å². The van der Waals surface area contributed by atoms with Gasteiger partial charge in [-0.25, -0.2) is 10.4 Å². The monoisotopic (exact) mass is 550 g/mol. The first-order valence-electron chi connectivity index (χ1n) is 12.3. The summed E-state index contributed by atoms with van der Waals surface area (Å²) in [5, 5.41) is 5.36. The number of fused-ring (bicyclic) bond motifs is 3. The van der Waals surface area contributed by atoms with Gasteiger partial charge in [-0.05, 0) is 72.2 Å². The number of hydrazone groups is 1. The molecule has 0 saturated carbocycles. The predicted octanol–water partition coefficient (Wildman–Crippen LogP) is 4.97. The van der Waals surface area contributed by atoms with Gasteiger partial charge in [0, 0.05) is 9.90 Å². The van der Waals surface area contributed by atoms with Crippen molar-refractivity contribution in [3.8, 4) is 11.5 Å². The molecule has 1 aliphatic carbocycles. The van der Waals surface area contributed by atoms with E-state index < -0.39 is 5.91 Å². The number of aryl methyl sites for hydroxylation is 1. The van der Waals surface area contributed by atoms with Crippen molar-refractivity contribution in [2.45, 2.75) is 39.3 Å². The number of rotatable bonds is 8. The maximum Gasteiger partial charge on any atom is 0.262 e. The minimum absolute atomic E-state index is 0.166. The summed E-state index contributed by atoms with van der Waals surface area (Å²) in [5.74, 6) is 1.31. The molecule has 0 fully saturated rings. The number of hydrogen-bond acceptors (Lipinski definition) is 7. The molecule has 4 aromatic rings. The number of benzene rings is 2. The van der Waals surface area contributed by atoms with E-state index in [-0.39, 0.29) is 12.1 Å². The highest BCUT2D eigenvalue weighted by Crippen LogP contribution is 2.35. The number of carbonyl (C=O) groups excluding carboxylic acids is 1. The molecule has 196 valence electrons. The van der Waals surface area contributed by atoms with Gasteiger partial charge >= 0.3 is 0 Å². The molecule has 0 radical (unpaired) electrons.